The van der Waals surface area contributed by atoms with Gasteiger partial charge in [0.1, 0.15) is 0 Å². The number of pyridine rings is 1. The van der Waals surface area contributed by atoms with Crippen molar-refractivity contribution in [2.45, 2.75) is 9.92 Å². The molecule has 3 heterocycles. The highest BCUT2D eigenvalue weighted by molar-refractivity contribution is 7.91. The lowest BCUT2D eigenvalue weighted by Crippen LogP contribution is -2.05. The molecule has 0 aliphatic heterocycles. The summed E-state index contributed by atoms with van der Waals surface area (Å²) >= 11 is 0. The Morgan fingerprint density at radius 3 is 1.32 bits per heavy atom. The van der Waals surface area contributed by atoms with E-state index in [0.717, 1.165) is 39.0 Å². The summed E-state index contributed by atoms with van der Waals surface area (Å²) in [6.07, 6.45) is 0. The second-order valence-corrected chi connectivity index (χ2v) is 13.6. The van der Waals surface area contributed by atoms with Gasteiger partial charge in [0.25, 0.3) is 0 Å². The Bertz CT molecular complexity index is 2520. The van der Waals surface area contributed by atoms with E-state index in [1.165, 1.54) is 21.5 Å². The second kappa shape index (κ2) is 10.5. The van der Waals surface area contributed by atoms with E-state index in [4.69, 9.17) is 4.98 Å². The molecule has 0 N–H and O–H groups in total. The van der Waals surface area contributed by atoms with E-state index in [1.807, 2.05) is 6.07 Å². The van der Waals surface area contributed by atoms with Crippen molar-refractivity contribution in [2.24, 2.45) is 0 Å². The molecule has 0 aliphatic rings. The molecule has 6 heteroatoms. The second-order valence-electron chi connectivity index (χ2n) is 11.7. The minimum atomic E-state index is -3.81. The summed E-state index contributed by atoms with van der Waals surface area (Å²) < 4.78 is 31.9. The average molecular weight is 626 g/mol. The lowest BCUT2D eigenvalue weighted by atomic mass is 10.1. The molecule has 0 unspecified atom stereocenters. The van der Waals surface area contributed by atoms with E-state index >= 15 is 0 Å². The summed E-state index contributed by atoms with van der Waals surface area (Å²) in [4.78, 5) is 5.00. The highest BCUT2D eigenvalue weighted by Crippen LogP contribution is 2.37. The number of aromatic nitrogens is 3. The molecular formula is C41H27N3O2S. The molecule has 0 aliphatic carbocycles. The first-order valence-electron chi connectivity index (χ1n) is 15.5. The van der Waals surface area contributed by atoms with Crippen LogP contribution in [0.2, 0.25) is 0 Å². The molecule has 0 fully saturated rings. The van der Waals surface area contributed by atoms with Crippen molar-refractivity contribution in [3.63, 3.8) is 0 Å². The highest BCUT2D eigenvalue weighted by atomic mass is 32.2. The van der Waals surface area contributed by atoms with Crippen LogP contribution in [-0.2, 0) is 9.84 Å². The maximum Gasteiger partial charge on any atom is 0.223 e. The predicted molar refractivity (Wildman–Crippen MR) is 190 cm³/mol. The van der Waals surface area contributed by atoms with Gasteiger partial charge in [0.05, 0.1) is 32.7 Å². The molecule has 6 aromatic carbocycles. The van der Waals surface area contributed by atoms with Gasteiger partial charge in [0, 0.05) is 38.5 Å². The summed E-state index contributed by atoms with van der Waals surface area (Å²) in [6, 6.07) is 53.9. The van der Waals surface area contributed by atoms with Gasteiger partial charge in [0.2, 0.25) is 9.84 Å². The third-order valence-corrected chi connectivity index (χ3v) is 10.6. The zero-order valence-electron chi connectivity index (χ0n) is 25.2. The summed E-state index contributed by atoms with van der Waals surface area (Å²) in [5.41, 5.74) is 7.65. The first-order valence-corrected chi connectivity index (χ1v) is 17.0. The number of benzene rings is 6. The lowest BCUT2D eigenvalue weighted by Gasteiger charge is -2.16. The zero-order chi connectivity index (χ0) is 31.5. The first kappa shape index (κ1) is 27.3. The number of hydrogen-bond donors (Lipinski definition) is 0. The molecule has 0 saturated carbocycles. The number of hydrogen-bond acceptors (Lipinski definition) is 3. The largest absolute Gasteiger partial charge is 0.309 e. The fourth-order valence-electron chi connectivity index (χ4n) is 6.85. The maximum atomic E-state index is 13.6. The summed E-state index contributed by atoms with van der Waals surface area (Å²) in [6.45, 7) is 0. The van der Waals surface area contributed by atoms with Gasteiger partial charge in [-0.3, -0.25) is 0 Å². The van der Waals surface area contributed by atoms with E-state index in [-0.39, 0.29) is 9.92 Å². The van der Waals surface area contributed by atoms with Crippen molar-refractivity contribution >= 4 is 53.4 Å². The van der Waals surface area contributed by atoms with Crippen LogP contribution in [0.1, 0.15) is 0 Å². The smallest absolute Gasteiger partial charge is 0.223 e. The standard InChI is InChI=1S/C41H27N3O2S/c45-47(46,31-13-2-1-3-14-31)41-24-12-19-36(42-41)28-25-29(43-37-20-8-4-15-32(37)33-16-5-9-21-38(33)43)27-30(26-28)44-39-22-10-6-17-34(39)35-18-7-11-23-40(35)44/h1-27H. The molecule has 3 aromatic heterocycles. The molecular weight excluding hydrogens is 599 g/mol. The van der Waals surface area contributed by atoms with Crippen molar-refractivity contribution in [1.29, 1.82) is 0 Å². The van der Waals surface area contributed by atoms with Gasteiger partial charge in [-0.15, -0.1) is 0 Å². The van der Waals surface area contributed by atoms with Crippen LogP contribution in [-0.4, -0.2) is 22.5 Å². The number of fused-ring (bicyclic) bond motifs is 6. The topological polar surface area (TPSA) is 56.9 Å². The number of para-hydroxylation sites is 4. The predicted octanol–water partition coefficient (Wildman–Crippen LogP) is 9.78. The first-order chi connectivity index (χ1) is 23.1. The van der Waals surface area contributed by atoms with Gasteiger partial charge in [-0.05, 0) is 66.7 Å². The molecule has 0 bridgehead atoms. The minimum absolute atomic E-state index is 0.0156. The molecule has 0 radical (unpaired) electrons. The molecule has 0 atom stereocenters. The van der Waals surface area contributed by atoms with Gasteiger partial charge in [0.15, 0.2) is 5.03 Å². The molecule has 9 aromatic rings. The Hall–Kier alpha value is -5.98. The number of sulfone groups is 1. The van der Waals surface area contributed by atoms with Crippen molar-refractivity contribution in [3.05, 3.63) is 164 Å². The Balaban J connectivity index is 1.35. The quantitative estimate of drug-likeness (QED) is 0.191. The zero-order valence-corrected chi connectivity index (χ0v) is 26.0. The molecule has 9 rings (SSSR count). The fraction of sp³-hybridized carbons (Fsp3) is 0. The number of rotatable bonds is 5. The highest BCUT2D eigenvalue weighted by Gasteiger charge is 2.21. The Labute approximate surface area is 271 Å². The molecule has 0 amide bonds. The fourth-order valence-corrected chi connectivity index (χ4v) is 8.08. The monoisotopic (exact) mass is 625 g/mol. The van der Waals surface area contributed by atoms with Crippen LogP contribution in [0, 0.1) is 0 Å². The minimum Gasteiger partial charge on any atom is -0.309 e. The van der Waals surface area contributed by atoms with Crippen LogP contribution in [0.3, 0.4) is 0 Å². The van der Waals surface area contributed by atoms with Crippen LogP contribution in [0.25, 0.3) is 66.2 Å². The summed E-state index contributed by atoms with van der Waals surface area (Å²) in [5, 5.41) is 4.69. The van der Waals surface area contributed by atoms with E-state index in [1.54, 1.807) is 42.5 Å². The van der Waals surface area contributed by atoms with E-state index in [2.05, 4.69) is 124 Å². The van der Waals surface area contributed by atoms with Crippen LogP contribution in [0.15, 0.2) is 174 Å². The van der Waals surface area contributed by atoms with Crippen LogP contribution in [0.4, 0.5) is 0 Å². The third kappa shape index (κ3) is 4.30. The average Bonchev–Trinajstić information content (AvgIpc) is 3.65. The van der Waals surface area contributed by atoms with Crippen molar-refractivity contribution < 1.29 is 8.42 Å². The summed E-state index contributed by atoms with van der Waals surface area (Å²) in [7, 11) is -3.81. The van der Waals surface area contributed by atoms with Gasteiger partial charge in [-0.2, -0.15) is 0 Å². The van der Waals surface area contributed by atoms with Crippen molar-refractivity contribution in [1.82, 2.24) is 14.1 Å². The van der Waals surface area contributed by atoms with Gasteiger partial charge >= 0.3 is 0 Å². The van der Waals surface area contributed by atoms with Crippen molar-refractivity contribution in [2.75, 3.05) is 0 Å². The van der Waals surface area contributed by atoms with E-state index in [9.17, 15) is 8.42 Å². The molecule has 0 saturated heterocycles. The molecule has 5 nitrogen and oxygen atoms in total. The SMILES string of the molecule is O=S(=O)(c1ccccc1)c1cccc(-c2cc(-n3c4ccccc4c4ccccc43)cc(-n3c4ccccc4c4ccccc43)c2)n1. The van der Waals surface area contributed by atoms with Crippen molar-refractivity contribution in [3.8, 4) is 22.6 Å². The van der Waals surface area contributed by atoms with Gasteiger partial charge in [-0.25, -0.2) is 13.4 Å². The Morgan fingerprint density at radius 1 is 0.426 bits per heavy atom. The maximum absolute atomic E-state index is 13.6. The summed E-state index contributed by atoms with van der Waals surface area (Å²) in [5.74, 6) is 0. The molecule has 0 spiro atoms. The molecule has 224 valence electrons. The third-order valence-electron chi connectivity index (χ3n) is 8.93. The van der Waals surface area contributed by atoms with Gasteiger partial charge in [-0.1, -0.05) is 97.1 Å². The van der Waals surface area contributed by atoms with Crippen LogP contribution in [0.5, 0.6) is 0 Å². The van der Waals surface area contributed by atoms with Gasteiger partial charge < -0.3 is 9.13 Å². The Kier molecular flexibility index (Phi) is 6.13. The lowest BCUT2D eigenvalue weighted by molar-refractivity contribution is 0.592. The van der Waals surface area contributed by atoms with E-state index in [0.29, 0.717) is 5.69 Å². The number of nitrogens with zero attached hydrogens (tertiary/aromatic N) is 3. The van der Waals surface area contributed by atoms with E-state index < -0.39 is 9.84 Å². The van der Waals surface area contributed by atoms with Crippen LogP contribution >= 0.6 is 0 Å². The normalized spacial score (nSPS) is 12.0. The molecule has 47 heavy (non-hydrogen) atoms. The van der Waals surface area contributed by atoms with Crippen LogP contribution < -0.4 is 0 Å². The Morgan fingerprint density at radius 2 is 0.851 bits per heavy atom.